The number of carbonyl (C=O) groups is 1. The molecule has 0 aromatic heterocycles. The summed E-state index contributed by atoms with van der Waals surface area (Å²) in [6.07, 6.45) is 0. The van der Waals surface area contributed by atoms with Gasteiger partial charge in [0.1, 0.15) is 0 Å². The molecule has 2 aromatic carbocycles. The highest BCUT2D eigenvalue weighted by Crippen LogP contribution is 2.29. The lowest BCUT2D eigenvalue weighted by atomic mass is 9.87. The summed E-state index contributed by atoms with van der Waals surface area (Å²) in [5.74, 6) is 0.359. The Morgan fingerprint density at radius 1 is 0.963 bits per heavy atom. The first kappa shape index (κ1) is 19.8. The lowest BCUT2D eigenvalue weighted by Crippen LogP contribution is -2.50. The third-order valence-electron chi connectivity index (χ3n) is 5.67. The van der Waals surface area contributed by atoms with Gasteiger partial charge in [-0.15, -0.1) is 0 Å². The van der Waals surface area contributed by atoms with Gasteiger partial charge in [-0.05, 0) is 54.7 Å². The van der Waals surface area contributed by atoms with Gasteiger partial charge in [-0.3, -0.25) is 4.79 Å². The number of halogens is 1. The van der Waals surface area contributed by atoms with E-state index in [1.165, 1.54) is 16.8 Å². The van der Waals surface area contributed by atoms with Crippen LogP contribution in [0.5, 0.6) is 0 Å². The maximum atomic E-state index is 13.3. The fraction of sp³-hybridized carbons (Fsp3) is 0.435. The van der Waals surface area contributed by atoms with Crippen LogP contribution in [0.3, 0.4) is 0 Å². The van der Waals surface area contributed by atoms with Gasteiger partial charge in [0, 0.05) is 36.9 Å². The molecular weight excluding hydrogens is 356 g/mol. The number of piperazine rings is 1. The quantitative estimate of drug-likeness (QED) is 0.736. The number of benzene rings is 2. The van der Waals surface area contributed by atoms with Crippen LogP contribution in [-0.4, -0.2) is 37.0 Å². The van der Waals surface area contributed by atoms with Crippen molar-refractivity contribution in [2.45, 2.75) is 33.6 Å². The molecule has 1 aliphatic rings. The SMILES string of the molecule is Cc1cccc(N2CCN(C(=O)[C@@H](c3ccc(Cl)cc3)C(C)C)CC2)c1C. The van der Waals surface area contributed by atoms with Crippen molar-refractivity contribution in [2.75, 3.05) is 31.1 Å². The van der Waals surface area contributed by atoms with E-state index in [1.54, 1.807) is 0 Å². The summed E-state index contributed by atoms with van der Waals surface area (Å²) in [4.78, 5) is 17.7. The Bertz CT molecular complexity index is 793. The standard InChI is InChI=1S/C23H29ClN2O/c1-16(2)22(19-8-10-20(24)11-9-19)23(27)26-14-12-25(13-15-26)21-7-5-6-17(3)18(21)4/h5-11,16,22H,12-15H2,1-4H3/t22-/m1/s1. The van der Waals surface area contributed by atoms with E-state index in [0.29, 0.717) is 5.02 Å². The Morgan fingerprint density at radius 3 is 2.19 bits per heavy atom. The molecule has 1 saturated heterocycles. The van der Waals surface area contributed by atoms with Gasteiger partial charge in [0.15, 0.2) is 0 Å². The number of nitrogens with zero attached hydrogens (tertiary/aromatic N) is 2. The van der Waals surface area contributed by atoms with E-state index in [9.17, 15) is 4.79 Å². The van der Waals surface area contributed by atoms with Crippen molar-refractivity contribution in [3.8, 4) is 0 Å². The highest BCUT2D eigenvalue weighted by atomic mass is 35.5. The summed E-state index contributed by atoms with van der Waals surface area (Å²) < 4.78 is 0. The first-order valence-corrected chi connectivity index (χ1v) is 10.1. The highest BCUT2D eigenvalue weighted by molar-refractivity contribution is 6.30. The third kappa shape index (κ3) is 4.30. The predicted octanol–water partition coefficient (Wildman–Crippen LogP) is 5.05. The van der Waals surface area contributed by atoms with Gasteiger partial charge >= 0.3 is 0 Å². The van der Waals surface area contributed by atoms with E-state index >= 15 is 0 Å². The molecule has 1 fully saturated rings. The summed E-state index contributed by atoms with van der Waals surface area (Å²) in [5.41, 5.74) is 4.99. The van der Waals surface area contributed by atoms with E-state index in [4.69, 9.17) is 11.6 Å². The number of amides is 1. The topological polar surface area (TPSA) is 23.6 Å². The minimum atomic E-state index is -0.116. The molecule has 0 N–H and O–H groups in total. The lowest BCUT2D eigenvalue weighted by Gasteiger charge is -2.39. The van der Waals surface area contributed by atoms with Crippen LogP contribution < -0.4 is 4.90 Å². The molecule has 1 amide bonds. The molecule has 0 radical (unpaired) electrons. The molecule has 144 valence electrons. The fourth-order valence-corrected chi connectivity index (χ4v) is 4.05. The van der Waals surface area contributed by atoms with Crippen molar-refractivity contribution in [1.82, 2.24) is 4.90 Å². The zero-order chi connectivity index (χ0) is 19.6. The minimum absolute atomic E-state index is 0.116. The Balaban J connectivity index is 1.71. The van der Waals surface area contributed by atoms with Gasteiger partial charge < -0.3 is 9.80 Å². The summed E-state index contributed by atoms with van der Waals surface area (Å²) in [5, 5.41) is 0.704. The van der Waals surface area contributed by atoms with E-state index in [1.807, 2.05) is 29.2 Å². The van der Waals surface area contributed by atoms with Gasteiger partial charge in [0.25, 0.3) is 0 Å². The number of carbonyl (C=O) groups excluding carboxylic acids is 1. The minimum Gasteiger partial charge on any atom is -0.368 e. The van der Waals surface area contributed by atoms with Gasteiger partial charge in [-0.25, -0.2) is 0 Å². The molecule has 4 heteroatoms. The maximum absolute atomic E-state index is 13.3. The molecule has 3 rings (SSSR count). The molecule has 1 atom stereocenters. The van der Waals surface area contributed by atoms with Crippen LogP contribution in [0.4, 0.5) is 5.69 Å². The van der Waals surface area contributed by atoms with Crippen molar-refractivity contribution >= 4 is 23.2 Å². The number of rotatable bonds is 4. The van der Waals surface area contributed by atoms with E-state index < -0.39 is 0 Å². The Kier molecular flexibility index (Phi) is 6.11. The number of anilines is 1. The Morgan fingerprint density at radius 2 is 1.59 bits per heavy atom. The molecule has 0 unspecified atom stereocenters. The van der Waals surface area contributed by atoms with Crippen LogP contribution >= 0.6 is 11.6 Å². The molecule has 2 aromatic rings. The molecule has 0 aliphatic carbocycles. The number of hydrogen-bond acceptors (Lipinski definition) is 2. The zero-order valence-corrected chi connectivity index (χ0v) is 17.5. The van der Waals surface area contributed by atoms with Crippen molar-refractivity contribution in [1.29, 1.82) is 0 Å². The molecule has 1 aliphatic heterocycles. The Hall–Kier alpha value is -2.00. The third-order valence-corrected chi connectivity index (χ3v) is 5.92. The number of aryl methyl sites for hydroxylation is 1. The monoisotopic (exact) mass is 384 g/mol. The maximum Gasteiger partial charge on any atom is 0.230 e. The van der Waals surface area contributed by atoms with Crippen LogP contribution in [0.15, 0.2) is 42.5 Å². The zero-order valence-electron chi connectivity index (χ0n) is 16.7. The van der Waals surface area contributed by atoms with Crippen molar-refractivity contribution in [3.63, 3.8) is 0 Å². The largest absolute Gasteiger partial charge is 0.368 e. The normalized spacial score (nSPS) is 15.9. The second-order valence-corrected chi connectivity index (χ2v) is 8.24. The van der Waals surface area contributed by atoms with Gasteiger partial charge in [0.05, 0.1) is 5.92 Å². The van der Waals surface area contributed by atoms with Crippen molar-refractivity contribution in [2.24, 2.45) is 5.92 Å². The summed E-state index contributed by atoms with van der Waals surface area (Å²) in [7, 11) is 0. The average molecular weight is 385 g/mol. The fourth-order valence-electron chi connectivity index (χ4n) is 3.93. The average Bonchev–Trinajstić information content (AvgIpc) is 2.65. The van der Waals surface area contributed by atoms with Gasteiger partial charge in [-0.1, -0.05) is 49.7 Å². The molecule has 0 saturated carbocycles. The van der Waals surface area contributed by atoms with Gasteiger partial charge in [-0.2, -0.15) is 0 Å². The molecule has 1 heterocycles. The molecular formula is C23H29ClN2O. The first-order valence-electron chi connectivity index (χ1n) is 9.74. The van der Waals surface area contributed by atoms with E-state index in [2.05, 4.69) is 50.8 Å². The van der Waals surface area contributed by atoms with Crippen molar-refractivity contribution in [3.05, 3.63) is 64.2 Å². The smallest absolute Gasteiger partial charge is 0.230 e. The van der Waals surface area contributed by atoms with Crippen LogP contribution in [0, 0.1) is 19.8 Å². The van der Waals surface area contributed by atoms with Gasteiger partial charge in [0.2, 0.25) is 5.91 Å². The Labute approximate surface area is 167 Å². The van der Waals surface area contributed by atoms with E-state index in [0.717, 1.165) is 31.7 Å². The molecule has 3 nitrogen and oxygen atoms in total. The summed E-state index contributed by atoms with van der Waals surface area (Å²) >= 11 is 6.02. The summed E-state index contributed by atoms with van der Waals surface area (Å²) in [6.45, 7) is 11.8. The molecule has 0 spiro atoms. The lowest BCUT2D eigenvalue weighted by molar-refractivity contribution is -0.134. The highest BCUT2D eigenvalue weighted by Gasteiger charge is 2.31. The van der Waals surface area contributed by atoms with Crippen LogP contribution in [0.25, 0.3) is 0 Å². The second-order valence-electron chi connectivity index (χ2n) is 7.80. The first-order chi connectivity index (χ1) is 12.9. The van der Waals surface area contributed by atoms with Crippen LogP contribution in [0.2, 0.25) is 5.02 Å². The summed E-state index contributed by atoms with van der Waals surface area (Å²) in [6, 6.07) is 14.2. The van der Waals surface area contributed by atoms with Crippen molar-refractivity contribution < 1.29 is 4.79 Å². The molecule has 0 bridgehead atoms. The van der Waals surface area contributed by atoms with Crippen LogP contribution in [0.1, 0.15) is 36.5 Å². The number of hydrogen-bond donors (Lipinski definition) is 0. The van der Waals surface area contributed by atoms with E-state index in [-0.39, 0.29) is 17.7 Å². The van der Waals surface area contributed by atoms with Crippen LogP contribution in [-0.2, 0) is 4.79 Å². The second kappa shape index (κ2) is 8.35. The molecule has 27 heavy (non-hydrogen) atoms. The predicted molar refractivity (Wildman–Crippen MR) is 114 cm³/mol.